The molecule has 1 atom stereocenters. The van der Waals surface area contributed by atoms with Gasteiger partial charge in [0.05, 0.1) is 11.4 Å². The predicted molar refractivity (Wildman–Crippen MR) is 114 cm³/mol. The second-order valence-corrected chi connectivity index (χ2v) is 8.35. The van der Waals surface area contributed by atoms with Crippen LogP contribution < -0.4 is 15.4 Å². The van der Waals surface area contributed by atoms with Gasteiger partial charge in [0.15, 0.2) is 5.82 Å². The summed E-state index contributed by atoms with van der Waals surface area (Å²) in [6, 6.07) is 12.6. The van der Waals surface area contributed by atoms with E-state index in [1.165, 1.54) is 17.8 Å². The van der Waals surface area contributed by atoms with Gasteiger partial charge >= 0.3 is 0 Å². The first-order valence-electron chi connectivity index (χ1n) is 9.87. The fraction of sp³-hybridized carbons (Fsp3) is 0.273. The molecule has 6 nitrogen and oxygen atoms in total. The number of benzene rings is 2. The van der Waals surface area contributed by atoms with Crippen molar-refractivity contribution in [2.45, 2.75) is 29.2 Å². The molecule has 2 aliphatic rings. The average Bonchev–Trinajstić information content (AvgIpc) is 3.11. The Kier molecular flexibility index (Phi) is 5.28. The predicted octanol–water partition coefficient (Wildman–Crippen LogP) is 4.79. The van der Waals surface area contributed by atoms with E-state index in [2.05, 4.69) is 9.97 Å². The first kappa shape index (κ1) is 19.3. The molecule has 1 aromatic heterocycles. The SMILES string of the molecule is NC1Sc2ccccc2N1c1ccc(Oc2nccnc2C2CCOCC2)cc1F. The Morgan fingerprint density at radius 3 is 2.70 bits per heavy atom. The molecule has 1 unspecified atom stereocenters. The first-order valence-corrected chi connectivity index (χ1v) is 10.8. The Bertz CT molecular complexity index is 1060. The molecule has 2 aromatic carbocycles. The van der Waals surface area contributed by atoms with Crippen molar-refractivity contribution in [3.05, 3.63) is 66.4 Å². The van der Waals surface area contributed by atoms with Gasteiger partial charge in [0.25, 0.3) is 0 Å². The Hall–Kier alpha value is -2.68. The van der Waals surface area contributed by atoms with Crippen molar-refractivity contribution >= 4 is 23.1 Å². The molecule has 1 fully saturated rings. The van der Waals surface area contributed by atoms with Gasteiger partial charge in [0, 0.05) is 42.5 Å². The first-order chi connectivity index (χ1) is 14.7. The van der Waals surface area contributed by atoms with E-state index in [1.807, 2.05) is 24.3 Å². The molecule has 0 spiro atoms. The van der Waals surface area contributed by atoms with Crippen LogP contribution in [-0.4, -0.2) is 28.7 Å². The summed E-state index contributed by atoms with van der Waals surface area (Å²) in [5.74, 6) is 0.605. The normalized spacial score (nSPS) is 19.0. The number of ether oxygens (including phenoxy) is 2. The van der Waals surface area contributed by atoms with Crippen LogP contribution in [0, 0.1) is 5.82 Å². The van der Waals surface area contributed by atoms with Crippen molar-refractivity contribution in [2.75, 3.05) is 18.1 Å². The maximum Gasteiger partial charge on any atom is 0.241 e. The largest absolute Gasteiger partial charge is 0.437 e. The summed E-state index contributed by atoms with van der Waals surface area (Å²) >= 11 is 1.50. The monoisotopic (exact) mass is 424 g/mol. The van der Waals surface area contributed by atoms with Crippen molar-refractivity contribution in [3.8, 4) is 11.6 Å². The molecule has 8 heteroatoms. The van der Waals surface area contributed by atoms with Crippen LogP contribution in [-0.2, 0) is 4.74 Å². The van der Waals surface area contributed by atoms with Gasteiger partial charge in [0.1, 0.15) is 16.9 Å². The van der Waals surface area contributed by atoms with Crippen LogP contribution in [0.4, 0.5) is 15.8 Å². The van der Waals surface area contributed by atoms with Crippen LogP contribution >= 0.6 is 11.8 Å². The fourth-order valence-electron chi connectivity index (χ4n) is 3.87. The zero-order valence-corrected chi connectivity index (χ0v) is 17.0. The van der Waals surface area contributed by atoms with E-state index < -0.39 is 5.82 Å². The summed E-state index contributed by atoms with van der Waals surface area (Å²) in [6.07, 6.45) is 4.98. The maximum absolute atomic E-state index is 15.1. The molecule has 0 radical (unpaired) electrons. The van der Waals surface area contributed by atoms with Crippen molar-refractivity contribution in [2.24, 2.45) is 5.73 Å². The third kappa shape index (κ3) is 3.62. The molecule has 3 heterocycles. The highest BCUT2D eigenvalue weighted by atomic mass is 32.2. The molecule has 0 amide bonds. The van der Waals surface area contributed by atoms with Gasteiger partial charge in [-0.05, 0) is 37.1 Å². The summed E-state index contributed by atoms with van der Waals surface area (Å²) in [5.41, 5.74) is 7.97. The van der Waals surface area contributed by atoms with Crippen molar-refractivity contribution in [1.82, 2.24) is 9.97 Å². The maximum atomic E-state index is 15.1. The second kappa shape index (κ2) is 8.22. The third-order valence-corrected chi connectivity index (χ3v) is 6.37. The van der Waals surface area contributed by atoms with E-state index in [0.29, 0.717) is 30.5 Å². The number of nitrogens with two attached hydrogens (primary N) is 1. The minimum absolute atomic E-state index is 0.225. The third-order valence-electron chi connectivity index (χ3n) is 5.32. The molecular weight excluding hydrogens is 403 g/mol. The molecule has 2 N–H and O–H groups in total. The van der Waals surface area contributed by atoms with E-state index in [4.69, 9.17) is 15.2 Å². The lowest BCUT2D eigenvalue weighted by atomic mass is 9.96. The molecule has 2 aliphatic heterocycles. The lowest BCUT2D eigenvalue weighted by molar-refractivity contribution is 0.0839. The van der Waals surface area contributed by atoms with Crippen LogP contribution in [0.2, 0.25) is 0 Å². The van der Waals surface area contributed by atoms with Crippen molar-refractivity contribution in [1.29, 1.82) is 0 Å². The summed E-state index contributed by atoms with van der Waals surface area (Å²) < 4.78 is 26.5. The molecule has 154 valence electrons. The standard InChI is InChI=1S/C22H21FN4O2S/c23-16-13-15(29-21-20(25-9-10-26-21)14-7-11-28-12-8-14)5-6-17(16)27-18-3-1-2-4-19(18)30-22(27)24/h1-6,9-10,13-14,22H,7-8,11-12,24H2. The van der Waals surface area contributed by atoms with E-state index >= 15 is 4.39 Å². The number of halogens is 1. The molecule has 1 saturated heterocycles. The average molecular weight is 425 g/mol. The number of anilines is 2. The van der Waals surface area contributed by atoms with Crippen LogP contribution in [0.25, 0.3) is 0 Å². The van der Waals surface area contributed by atoms with Crippen LogP contribution in [0.1, 0.15) is 24.5 Å². The van der Waals surface area contributed by atoms with E-state index in [9.17, 15) is 0 Å². The Labute approximate surface area is 178 Å². The number of fused-ring (bicyclic) bond motifs is 1. The highest BCUT2D eigenvalue weighted by Crippen LogP contribution is 2.46. The Morgan fingerprint density at radius 1 is 1.07 bits per heavy atom. The molecule has 30 heavy (non-hydrogen) atoms. The summed E-state index contributed by atoms with van der Waals surface area (Å²) in [4.78, 5) is 11.6. The van der Waals surface area contributed by atoms with E-state index in [-0.39, 0.29) is 11.4 Å². The van der Waals surface area contributed by atoms with Gasteiger partial charge < -0.3 is 20.1 Å². The van der Waals surface area contributed by atoms with Crippen LogP contribution in [0.3, 0.4) is 0 Å². The minimum atomic E-state index is -0.406. The molecule has 3 aromatic rings. The lowest BCUT2D eigenvalue weighted by Crippen LogP contribution is -2.32. The van der Waals surface area contributed by atoms with Gasteiger partial charge in [-0.15, -0.1) is 0 Å². The number of nitrogens with zero attached hydrogens (tertiary/aromatic N) is 3. The Balaban J connectivity index is 1.42. The zero-order chi connectivity index (χ0) is 20.5. The summed E-state index contributed by atoms with van der Waals surface area (Å²) in [5, 5.41) is 0. The number of thioether (sulfide) groups is 1. The summed E-state index contributed by atoms with van der Waals surface area (Å²) in [6.45, 7) is 1.39. The highest BCUT2D eigenvalue weighted by Gasteiger charge is 2.30. The number of hydrogen-bond acceptors (Lipinski definition) is 7. The van der Waals surface area contributed by atoms with Crippen LogP contribution in [0.5, 0.6) is 11.6 Å². The molecule has 0 aliphatic carbocycles. The van der Waals surface area contributed by atoms with Crippen molar-refractivity contribution in [3.63, 3.8) is 0 Å². The van der Waals surface area contributed by atoms with Gasteiger partial charge in [0.2, 0.25) is 5.88 Å². The number of rotatable bonds is 4. The van der Waals surface area contributed by atoms with Gasteiger partial charge in [-0.2, -0.15) is 0 Å². The van der Waals surface area contributed by atoms with E-state index in [0.717, 1.165) is 29.1 Å². The van der Waals surface area contributed by atoms with Gasteiger partial charge in [-0.25, -0.2) is 9.37 Å². The number of para-hydroxylation sites is 1. The van der Waals surface area contributed by atoms with E-state index in [1.54, 1.807) is 29.4 Å². The minimum Gasteiger partial charge on any atom is -0.437 e. The van der Waals surface area contributed by atoms with Crippen LogP contribution in [0.15, 0.2) is 59.8 Å². The second-order valence-electron chi connectivity index (χ2n) is 7.19. The molecular formula is C22H21FN4O2S. The highest BCUT2D eigenvalue weighted by molar-refractivity contribution is 8.00. The molecule has 0 bridgehead atoms. The zero-order valence-electron chi connectivity index (χ0n) is 16.2. The number of hydrogen-bond donors (Lipinski definition) is 1. The van der Waals surface area contributed by atoms with Crippen molar-refractivity contribution < 1.29 is 13.9 Å². The lowest BCUT2D eigenvalue weighted by Gasteiger charge is -2.24. The quantitative estimate of drug-likeness (QED) is 0.646. The van der Waals surface area contributed by atoms with Gasteiger partial charge in [-0.1, -0.05) is 23.9 Å². The molecule has 5 rings (SSSR count). The topological polar surface area (TPSA) is 73.5 Å². The smallest absolute Gasteiger partial charge is 0.241 e. The molecule has 0 saturated carbocycles. The Morgan fingerprint density at radius 2 is 1.87 bits per heavy atom. The van der Waals surface area contributed by atoms with Gasteiger partial charge in [-0.3, -0.25) is 4.98 Å². The summed E-state index contributed by atoms with van der Waals surface area (Å²) in [7, 11) is 0. The fourth-order valence-corrected chi connectivity index (χ4v) is 4.90. The number of aromatic nitrogens is 2.